The van der Waals surface area contributed by atoms with Crippen molar-refractivity contribution in [1.29, 1.82) is 0 Å². The third kappa shape index (κ3) is 5.15. The van der Waals surface area contributed by atoms with Gasteiger partial charge in [0, 0.05) is 17.5 Å². The van der Waals surface area contributed by atoms with Crippen molar-refractivity contribution in [2.75, 3.05) is 5.32 Å². The van der Waals surface area contributed by atoms with Crippen LogP contribution in [0.5, 0.6) is 0 Å². The third-order valence-corrected chi connectivity index (χ3v) is 2.50. The summed E-state index contributed by atoms with van der Waals surface area (Å²) in [5, 5.41) is 2.80. The summed E-state index contributed by atoms with van der Waals surface area (Å²) in [6.07, 6.45) is 1.80. The first-order valence-electron chi connectivity index (χ1n) is 5.49. The second-order valence-electron chi connectivity index (χ2n) is 4.04. The summed E-state index contributed by atoms with van der Waals surface area (Å²) < 4.78 is 13.3. The van der Waals surface area contributed by atoms with Gasteiger partial charge in [0.05, 0.1) is 5.69 Å². The van der Waals surface area contributed by atoms with Crippen molar-refractivity contribution in [3.05, 3.63) is 29.0 Å². The topological polar surface area (TPSA) is 55.1 Å². The lowest BCUT2D eigenvalue weighted by Gasteiger charge is -2.07. The van der Waals surface area contributed by atoms with Crippen molar-refractivity contribution in [1.82, 2.24) is 0 Å². The van der Waals surface area contributed by atoms with E-state index < -0.39 is 5.82 Å². The zero-order valence-electron chi connectivity index (χ0n) is 9.67. The zero-order valence-corrected chi connectivity index (χ0v) is 10.4. The molecule has 3 nitrogen and oxygen atoms in total. The number of carbonyl (C=O) groups excluding carboxylic acids is 1. The maximum atomic E-state index is 13.3. The largest absolute Gasteiger partial charge is 0.328 e. The Hall–Kier alpha value is -1.13. The maximum absolute atomic E-state index is 13.3. The Kier molecular flexibility index (Phi) is 5.38. The van der Waals surface area contributed by atoms with E-state index in [1.807, 2.05) is 6.92 Å². The molecule has 0 spiro atoms. The molecule has 0 saturated carbocycles. The standard InChI is InChI=1S/C12H16ClFN2O/c1-8(15)3-2-4-12(17)16-11-6-5-9(13)7-10(11)14/h5-8H,2-4,15H2,1H3,(H,16,17). The predicted octanol–water partition coefficient (Wildman–Crippen LogP) is 2.94. The van der Waals surface area contributed by atoms with Crippen LogP contribution in [0.4, 0.5) is 10.1 Å². The van der Waals surface area contributed by atoms with Gasteiger partial charge < -0.3 is 11.1 Å². The molecule has 0 aliphatic heterocycles. The summed E-state index contributed by atoms with van der Waals surface area (Å²) in [6.45, 7) is 1.89. The molecule has 1 unspecified atom stereocenters. The fraction of sp³-hybridized carbons (Fsp3) is 0.417. The number of carbonyl (C=O) groups is 1. The summed E-state index contributed by atoms with van der Waals surface area (Å²) in [6, 6.07) is 4.22. The fourth-order valence-corrected chi connectivity index (χ4v) is 1.55. The van der Waals surface area contributed by atoms with E-state index in [2.05, 4.69) is 5.32 Å². The molecule has 0 bridgehead atoms. The minimum absolute atomic E-state index is 0.0788. The van der Waals surface area contributed by atoms with Gasteiger partial charge >= 0.3 is 0 Å². The molecule has 0 fully saturated rings. The van der Waals surface area contributed by atoms with E-state index in [0.29, 0.717) is 17.9 Å². The van der Waals surface area contributed by atoms with Crippen molar-refractivity contribution < 1.29 is 9.18 Å². The van der Waals surface area contributed by atoms with E-state index in [0.717, 1.165) is 6.42 Å². The first kappa shape index (κ1) is 13.9. The van der Waals surface area contributed by atoms with Gasteiger partial charge in [-0.15, -0.1) is 0 Å². The highest BCUT2D eigenvalue weighted by molar-refractivity contribution is 6.30. The van der Waals surface area contributed by atoms with Crippen LogP contribution >= 0.6 is 11.6 Å². The molecule has 3 N–H and O–H groups in total. The molecule has 17 heavy (non-hydrogen) atoms. The normalized spacial score (nSPS) is 12.2. The van der Waals surface area contributed by atoms with Gasteiger partial charge in [-0.3, -0.25) is 4.79 Å². The van der Waals surface area contributed by atoms with Crippen molar-refractivity contribution in [2.24, 2.45) is 5.73 Å². The Morgan fingerprint density at radius 2 is 2.29 bits per heavy atom. The molecule has 0 heterocycles. The SMILES string of the molecule is CC(N)CCCC(=O)Nc1ccc(Cl)cc1F. The van der Waals surface area contributed by atoms with Crippen molar-refractivity contribution in [3.63, 3.8) is 0 Å². The molecule has 0 saturated heterocycles. The molecule has 1 amide bonds. The van der Waals surface area contributed by atoms with E-state index in [1.54, 1.807) is 0 Å². The van der Waals surface area contributed by atoms with Crippen LogP contribution in [0, 0.1) is 5.82 Å². The Bertz CT molecular complexity index is 396. The molecule has 0 aliphatic carbocycles. The Balaban J connectivity index is 2.45. The van der Waals surface area contributed by atoms with Crippen LogP contribution < -0.4 is 11.1 Å². The highest BCUT2D eigenvalue weighted by Crippen LogP contribution is 2.19. The van der Waals surface area contributed by atoms with Gasteiger partial charge in [-0.2, -0.15) is 0 Å². The van der Waals surface area contributed by atoms with Crippen molar-refractivity contribution in [2.45, 2.75) is 32.2 Å². The molecule has 5 heteroatoms. The van der Waals surface area contributed by atoms with E-state index in [4.69, 9.17) is 17.3 Å². The van der Waals surface area contributed by atoms with E-state index >= 15 is 0 Å². The average Bonchev–Trinajstić information content (AvgIpc) is 2.21. The number of hydrogen-bond acceptors (Lipinski definition) is 2. The number of amides is 1. The molecular weight excluding hydrogens is 243 g/mol. The number of nitrogens with one attached hydrogen (secondary N) is 1. The monoisotopic (exact) mass is 258 g/mol. The van der Waals surface area contributed by atoms with E-state index in [9.17, 15) is 9.18 Å². The minimum atomic E-state index is -0.530. The van der Waals surface area contributed by atoms with Gasteiger partial charge in [0.1, 0.15) is 5.82 Å². The van der Waals surface area contributed by atoms with Crippen LogP contribution in [0.25, 0.3) is 0 Å². The van der Waals surface area contributed by atoms with Crippen LogP contribution in [0.15, 0.2) is 18.2 Å². The minimum Gasteiger partial charge on any atom is -0.328 e. The number of hydrogen-bond donors (Lipinski definition) is 2. The van der Waals surface area contributed by atoms with Gasteiger partial charge in [-0.1, -0.05) is 11.6 Å². The Morgan fingerprint density at radius 3 is 2.88 bits per heavy atom. The smallest absolute Gasteiger partial charge is 0.224 e. The molecule has 0 aliphatic rings. The van der Waals surface area contributed by atoms with E-state index in [-0.39, 0.29) is 17.6 Å². The third-order valence-electron chi connectivity index (χ3n) is 2.27. The lowest BCUT2D eigenvalue weighted by molar-refractivity contribution is -0.116. The Labute approximate surface area is 105 Å². The fourth-order valence-electron chi connectivity index (χ4n) is 1.39. The van der Waals surface area contributed by atoms with Crippen LogP contribution in [0.3, 0.4) is 0 Å². The summed E-state index contributed by atoms with van der Waals surface area (Å²) in [5.74, 6) is -0.745. The summed E-state index contributed by atoms with van der Waals surface area (Å²) in [4.78, 5) is 11.5. The lowest BCUT2D eigenvalue weighted by atomic mass is 10.1. The van der Waals surface area contributed by atoms with Gasteiger partial charge in [-0.05, 0) is 38.0 Å². The molecule has 1 atom stereocenters. The van der Waals surface area contributed by atoms with Gasteiger partial charge in [0.15, 0.2) is 0 Å². The number of halogens is 2. The summed E-state index contributed by atoms with van der Waals surface area (Å²) in [7, 11) is 0. The predicted molar refractivity (Wildman–Crippen MR) is 67.5 cm³/mol. The molecule has 1 aromatic rings. The molecule has 1 rings (SSSR count). The molecule has 94 valence electrons. The zero-order chi connectivity index (χ0) is 12.8. The summed E-state index contributed by atoms with van der Waals surface area (Å²) >= 11 is 5.61. The van der Waals surface area contributed by atoms with Crippen LogP contribution in [0.1, 0.15) is 26.2 Å². The first-order valence-corrected chi connectivity index (χ1v) is 5.87. The number of rotatable bonds is 5. The van der Waals surface area contributed by atoms with Crippen molar-refractivity contribution >= 4 is 23.2 Å². The Morgan fingerprint density at radius 1 is 1.59 bits per heavy atom. The second-order valence-corrected chi connectivity index (χ2v) is 4.48. The van der Waals surface area contributed by atoms with Gasteiger partial charge in [-0.25, -0.2) is 4.39 Å². The maximum Gasteiger partial charge on any atom is 0.224 e. The molecule has 0 aromatic heterocycles. The number of nitrogens with two attached hydrogens (primary N) is 1. The molecule has 0 radical (unpaired) electrons. The molecule has 1 aromatic carbocycles. The van der Waals surface area contributed by atoms with Gasteiger partial charge in [0.25, 0.3) is 0 Å². The first-order chi connectivity index (χ1) is 7.99. The highest BCUT2D eigenvalue weighted by Gasteiger charge is 2.07. The average molecular weight is 259 g/mol. The highest BCUT2D eigenvalue weighted by atomic mass is 35.5. The van der Waals surface area contributed by atoms with Crippen LogP contribution in [-0.4, -0.2) is 11.9 Å². The number of anilines is 1. The van der Waals surface area contributed by atoms with E-state index in [1.165, 1.54) is 18.2 Å². The second kappa shape index (κ2) is 6.57. The van der Waals surface area contributed by atoms with Crippen LogP contribution in [-0.2, 0) is 4.79 Å². The van der Waals surface area contributed by atoms with Crippen molar-refractivity contribution in [3.8, 4) is 0 Å². The lowest BCUT2D eigenvalue weighted by Crippen LogP contribution is -2.17. The van der Waals surface area contributed by atoms with Gasteiger partial charge in [0.2, 0.25) is 5.91 Å². The molecular formula is C12H16ClFN2O. The summed E-state index contributed by atoms with van der Waals surface area (Å²) in [5.41, 5.74) is 5.72. The van der Waals surface area contributed by atoms with Crippen LogP contribution in [0.2, 0.25) is 5.02 Å². The quantitative estimate of drug-likeness (QED) is 0.853. The number of benzene rings is 1.